The largest absolute Gasteiger partial charge is 0.377 e. The molecule has 0 bridgehead atoms. The molecule has 0 aliphatic carbocycles. The van der Waals surface area contributed by atoms with E-state index in [1.54, 1.807) is 17.0 Å². The molecule has 3 nitrogen and oxygen atoms in total. The molecule has 0 N–H and O–H groups in total. The second kappa shape index (κ2) is 4.61. The highest BCUT2D eigenvalue weighted by molar-refractivity contribution is 5.94. The number of halogens is 1. The molecule has 16 heavy (non-hydrogen) atoms. The van der Waals surface area contributed by atoms with Crippen molar-refractivity contribution in [1.29, 1.82) is 0 Å². The number of benzene rings is 1. The number of carbonyl (C=O) groups is 1. The van der Waals surface area contributed by atoms with Crippen LogP contribution in [-0.2, 0) is 4.74 Å². The fourth-order valence-electron chi connectivity index (χ4n) is 1.82. The zero-order valence-corrected chi connectivity index (χ0v) is 9.15. The Hall–Kier alpha value is -1.42. The van der Waals surface area contributed by atoms with Crippen molar-refractivity contribution in [3.8, 4) is 0 Å². The van der Waals surface area contributed by atoms with Gasteiger partial charge in [-0.25, -0.2) is 4.39 Å². The Morgan fingerprint density at radius 2 is 2.25 bits per heavy atom. The van der Waals surface area contributed by atoms with Crippen LogP contribution in [0.3, 0.4) is 0 Å². The van der Waals surface area contributed by atoms with Crippen LogP contribution in [0.2, 0.25) is 0 Å². The minimum absolute atomic E-state index is 0.000793. The Kier molecular flexibility index (Phi) is 3.19. The van der Waals surface area contributed by atoms with Crippen LogP contribution in [0.4, 0.5) is 4.39 Å². The normalized spacial score (nSPS) is 20.9. The molecular weight excluding hydrogens is 209 g/mol. The summed E-state index contributed by atoms with van der Waals surface area (Å²) in [5, 5.41) is 0. The Bertz CT molecular complexity index is 394. The van der Waals surface area contributed by atoms with Gasteiger partial charge in [0.1, 0.15) is 5.82 Å². The van der Waals surface area contributed by atoms with Gasteiger partial charge >= 0.3 is 0 Å². The Balaban J connectivity index is 2.21. The third kappa shape index (κ3) is 2.07. The molecule has 0 unspecified atom stereocenters. The lowest BCUT2D eigenvalue weighted by atomic mass is 10.1. The molecule has 1 atom stereocenters. The molecule has 1 aliphatic rings. The van der Waals surface area contributed by atoms with Crippen molar-refractivity contribution in [2.75, 3.05) is 19.8 Å². The first kappa shape index (κ1) is 11.1. The molecule has 0 radical (unpaired) electrons. The molecule has 0 spiro atoms. The van der Waals surface area contributed by atoms with Gasteiger partial charge in [-0.1, -0.05) is 12.1 Å². The molecule has 1 saturated heterocycles. The van der Waals surface area contributed by atoms with Crippen molar-refractivity contribution in [3.63, 3.8) is 0 Å². The van der Waals surface area contributed by atoms with E-state index in [-0.39, 0.29) is 17.5 Å². The molecule has 1 aromatic rings. The second-order valence-electron chi connectivity index (χ2n) is 3.90. The highest BCUT2D eigenvalue weighted by Crippen LogP contribution is 2.14. The average molecular weight is 223 g/mol. The van der Waals surface area contributed by atoms with E-state index < -0.39 is 5.82 Å². The van der Waals surface area contributed by atoms with E-state index in [0.717, 1.165) is 0 Å². The van der Waals surface area contributed by atoms with Gasteiger partial charge in [0.15, 0.2) is 0 Å². The van der Waals surface area contributed by atoms with E-state index >= 15 is 0 Å². The lowest BCUT2D eigenvalue weighted by Crippen LogP contribution is -2.47. The van der Waals surface area contributed by atoms with E-state index in [9.17, 15) is 9.18 Å². The van der Waals surface area contributed by atoms with Gasteiger partial charge in [0.25, 0.3) is 5.91 Å². The van der Waals surface area contributed by atoms with Gasteiger partial charge in [-0.15, -0.1) is 0 Å². The number of carbonyl (C=O) groups excluding carboxylic acids is 1. The third-order valence-electron chi connectivity index (χ3n) is 2.73. The molecule has 0 aromatic heterocycles. The van der Waals surface area contributed by atoms with Gasteiger partial charge in [0.05, 0.1) is 24.8 Å². The number of morpholine rings is 1. The lowest BCUT2D eigenvalue weighted by molar-refractivity contribution is 0.00335. The Morgan fingerprint density at radius 3 is 2.94 bits per heavy atom. The number of nitrogens with zero attached hydrogens (tertiary/aromatic N) is 1. The van der Waals surface area contributed by atoms with E-state index in [1.165, 1.54) is 12.1 Å². The van der Waals surface area contributed by atoms with Gasteiger partial charge < -0.3 is 9.64 Å². The summed E-state index contributed by atoms with van der Waals surface area (Å²) in [6, 6.07) is 6.06. The summed E-state index contributed by atoms with van der Waals surface area (Å²) in [7, 11) is 0. The maximum absolute atomic E-state index is 13.4. The first-order chi connectivity index (χ1) is 7.70. The van der Waals surface area contributed by atoms with Crippen molar-refractivity contribution in [2.45, 2.75) is 13.0 Å². The molecule has 0 saturated carbocycles. The zero-order valence-electron chi connectivity index (χ0n) is 9.15. The molecule has 1 amide bonds. The minimum Gasteiger partial charge on any atom is -0.377 e. The summed E-state index contributed by atoms with van der Waals surface area (Å²) in [4.78, 5) is 13.7. The SMILES string of the molecule is C[C@@H]1COCCN1C(=O)c1ccccc1F. The maximum atomic E-state index is 13.4. The molecular formula is C12H14FNO2. The number of hydrogen-bond acceptors (Lipinski definition) is 2. The van der Waals surface area contributed by atoms with Gasteiger partial charge in [-0.3, -0.25) is 4.79 Å². The van der Waals surface area contributed by atoms with Gasteiger partial charge in [-0.05, 0) is 19.1 Å². The van der Waals surface area contributed by atoms with Gasteiger partial charge in [0.2, 0.25) is 0 Å². The van der Waals surface area contributed by atoms with Crippen LogP contribution in [0.25, 0.3) is 0 Å². The molecule has 1 heterocycles. The van der Waals surface area contributed by atoms with Crippen molar-refractivity contribution < 1.29 is 13.9 Å². The lowest BCUT2D eigenvalue weighted by Gasteiger charge is -2.33. The number of hydrogen-bond donors (Lipinski definition) is 0. The summed E-state index contributed by atoms with van der Waals surface area (Å²) in [6.07, 6.45) is 0. The maximum Gasteiger partial charge on any atom is 0.257 e. The van der Waals surface area contributed by atoms with E-state index in [0.29, 0.717) is 19.8 Å². The molecule has 2 rings (SSSR count). The molecule has 4 heteroatoms. The van der Waals surface area contributed by atoms with Crippen LogP contribution in [0.1, 0.15) is 17.3 Å². The van der Waals surface area contributed by atoms with Crippen molar-refractivity contribution in [1.82, 2.24) is 4.90 Å². The van der Waals surface area contributed by atoms with Crippen LogP contribution in [-0.4, -0.2) is 36.6 Å². The number of rotatable bonds is 1. The topological polar surface area (TPSA) is 29.5 Å². The van der Waals surface area contributed by atoms with Crippen molar-refractivity contribution >= 4 is 5.91 Å². The van der Waals surface area contributed by atoms with Crippen LogP contribution in [0.15, 0.2) is 24.3 Å². The van der Waals surface area contributed by atoms with Crippen molar-refractivity contribution in [2.24, 2.45) is 0 Å². The predicted molar refractivity (Wildman–Crippen MR) is 57.7 cm³/mol. The van der Waals surface area contributed by atoms with Gasteiger partial charge in [0, 0.05) is 6.54 Å². The summed E-state index contributed by atoms with van der Waals surface area (Å²) in [5.74, 6) is -0.722. The van der Waals surface area contributed by atoms with Gasteiger partial charge in [-0.2, -0.15) is 0 Å². The van der Waals surface area contributed by atoms with Crippen LogP contribution >= 0.6 is 0 Å². The Morgan fingerprint density at radius 1 is 1.50 bits per heavy atom. The fraction of sp³-hybridized carbons (Fsp3) is 0.417. The van der Waals surface area contributed by atoms with Crippen LogP contribution in [0, 0.1) is 5.82 Å². The molecule has 1 aliphatic heterocycles. The first-order valence-electron chi connectivity index (χ1n) is 5.33. The quantitative estimate of drug-likeness (QED) is 0.725. The summed E-state index contributed by atoms with van der Waals surface area (Å²) >= 11 is 0. The Labute approximate surface area is 93.8 Å². The molecule has 86 valence electrons. The smallest absolute Gasteiger partial charge is 0.257 e. The molecule has 1 fully saturated rings. The zero-order chi connectivity index (χ0) is 11.5. The summed E-state index contributed by atoms with van der Waals surface area (Å²) < 4.78 is 18.7. The summed E-state index contributed by atoms with van der Waals surface area (Å²) in [5.41, 5.74) is 0.135. The number of ether oxygens (including phenoxy) is 1. The highest BCUT2D eigenvalue weighted by atomic mass is 19.1. The van der Waals surface area contributed by atoms with E-state index in [4.69, 9.17) is 4.74 Å². The molecule has 1 aromatic carbocycles. The van der Waals surface area contributed by atoms with Crippen LogP contribution < -0.4 is 0 Å². The predicted octanol–water partition coefficient (Wildman–Crippen LogP) is 1.69. The number of amides is 1. The average Bonchev–Trinajstić information content (AvgIpc) is 2.29. The third-order valence-corrected chi connectivity index (χ3v) is 2.73. The standard InChI is InChI=1S/C12H14FNO2/c1-9-8-16-7-6-14(9)12(15)10-4-2-3-5-11(10)13/h2-5,9H,6-8H2,1H3/t9-/m1/s1. The van der Waals surface area contributed by atoms with Crippen molar-refractivity contribution in [3.05, 3.63) is 35.6 Å². The first-order valence-corrected chi connectivity index (χ1v) is 5.33. The highest BCUT2D eigenvalue weighted by Gasteiger charge is 2.26. The van der Waals surface area contributed by atoms with E-state index in [1.807, 2.05) is 6.92 Å². The minimum atomic E-state index is -0.466. The fourth-order valence-corrected chi connectivity index (χ4v) is 1.82. The second-order valence-corrected chi connectivity index (χ2v) is 3.90. The monoisotopic (exact) mass is 223 g/mol. The summed E-state index contributed by atoms with van der Waals surface area (Å²) in [6.45, 7) is 3.46. The van der Waals surface area contributed by atoms with Crippen LogP contribution in [0.5, 0.6) is 0 Å². The van der Waals surface area contributed by atoms with E-state index in [2.05, 4.69) is 0 Å².